The molecule has 0 aliphatic carbocycles. The summed E-state index contributed by atoms with van der Waals surface area (Å²) in [6.07, 6.45) is 3.86. The predicted octanol–water partition coefficient (Wildman–Crippen LogP) is 5.52. The first-order chi connectivity index (χ1) is 14.6. The molecule has 6 heteroatoms. The van der Waals surface area contributed by atoms with Gasteiger partial charge in [-0.2, -0.15) is 0 Å². The van der Waals surface area contributed by atoms with Gasteiger partial charge in [-0.05, 0) is 48.4 Å². The molecule has 1 aromatic heterocycles. The Balaban J connectivity index is 1.73. The summed E-state index contributed by atoms with van der Waals surface area (Å²) in [5.74, 6) is 0.445. The molecule has 5 nitrogen and oxygen atoms in total. The summed E-state index contributed by atoms with van der Waals surface area (Å²) in [6.45, 7) is 3.78. The van der Waals surface area contributed by atoms with Crippen LogP contribution in [0.15, 0.2) is 66.9 Å². The van der Waals surface area contributed by atoms with E-state index in [1.165, 1.54) is 12.1 Å². The van der Waals surface area contributed by atoms with Crippen LogP contribution in [0.2, 0.25) is 0 Å². The molecule has 3 rings (SSSR count). The van der Waals surface area contributed by atoms with Gasteiger partial charge < -0.3 is 19.5 Å². The molecule has 3 aromatic rings. The molecule has 1 heterocycles. The molecule has 0 saturated carbocycles. The maximum absolute atomic E-state index is 13.5. The van der Waals surface area contributed by atoms with Crippen LogP contribution in [0.3, 0.4) is 0 Å². The number of nitrogens with one attached hydrogen (secondary N) is 1. The molecule has 30 heavy (non-hydrogen) atoms. The second kappa shape index (κ2) is 10.5. The number of hydrogen-bond acceptors (Lipinski definition) is 2. The van der Waals surface area contributed by atoms with Crippen LogP contribution < -0.4 is 10.1 Å². The maximum Gasteiger partial charge on any atom is 0.322 e. The van der Waals surface area contributed by atoms with Crippen molar-refractivity contribution >= 4 is 11.7 Å². The van der Waals surface area contributed by atoms with Gasteiger partial charge in [0, 0.05) is 36.7 Å². The van der Waals surface area contributed by atoms with Crippen LogP contribution in [0.5, 0.6) is 5.75 Å². The Kier molecular flexibility index (Phi) is 7.49. The van der Waals surface area contributed by atoms with E-state index in [2.05, 4.69) is 12.2 Å². The van der Waals surface area contributed by atoms with Crippen molar-refractivity contribution in [2.45, 2.75) is 32.9 Å². The van der Waals surface area contributed by atoms with Crippen molar-refractivity contribution in [3.63, 3.8) is 0 Å². The van der Waals surface area contributed by atoms with E-state index in [9.17, 15) is 9.18 Å². The lowest BCUT2D eigenvalue weighted by Crippen LogP contribution is -2.36. The number of hydrogen-bond donors (Lipinski definition) is 1. The highest BCUT2D eigenvalue weighted by Crippen LogP contribution is 2.18. The highest BCUT2D eigenvalue weighted by atomic mass is 19.1. The molecule has 0 aliphatic rings. The molecule has 0 saturated heterocycles. The lowest BCUT2D eigenvalue weighted by Gasteiger charge is -2.24. The zero-order valence-corrected chi connectivity index (χ0v) is 17.5. The Morgan fingerprint density at radius 1 is 1.13 bits per heavy atom. The van der Waals surface area contributed by atoms with Crippen molar-refractivity contribution in [2.75, 3.05) is 19.0 Å². The summed E-state index contributed by atoms with van der Waals surface area (Å²) in [4.78, 5) is 14.8. The standard InChI is InChI=1S/C24H28FN3O2/c1-3-4-13-28(24(29)26-21-10-6-12-23(16-21)30-2)18-22-11-7-14-27(22)17-19-8-5-9-20(25)15-19/h5-12,14-16H,3-4,13,17-18H2,1-2H3,(H,26,29). The summed E-state index contributed by atoms with van der Waals surface area (Å²) in [7, 11) is 1.60. The van der Waals surface area contributed by atoms with Crippen molar-refractivity contribution in [1.82, 2.24) is 9.47 Å². The van der Waals surface area contributed by atoms with Crippen LogP contribution in [-0.4, -0.2) is 29.2 Å². The van der Waals surface area contributed by atoms with E-state index in [1.807, 2.05) is 47.2 Å². The molecule has 0 unspecified atom stereocenters. The number of aromatic nitrogens is 1. The van der Waals surface area contributed by atoms with E-state index in [4.69, 9.17) is 4.74 Å². The van der Waals surface area contributed by atoms with Gasteiger partial charge in [-0.25, -0.2) is 9.18 Å². The molecule has 0 aliphatic heterocycles. The van der Waals surface area contributed by atoms with Crippen molar-refractivity contribution in [1.29, 1.82) is 0 Å². The molecule has 0 bridgehead atoms. The first-order valence-corrected chi connectivity index (χ1v) is 10.2. The van der Waals surface area contributed by atoms with E-state index >= 15 is 0 Å². The molecule has 0 spiro atoms. The van der Waals surface area contributed by atoms with Crippen LogP contribution >= 0.6 is 0 Å². The van der Waals surface area contributed by atoms with Gasteiger partial charge in [0.05, 0.1) is 13.7 Å². The smallest absolute Gasteiger partial charge is 0.322 e. The number of rotatable bonds is 9. The summed E-state index contributed by atoms with van der Waals surface area (Å²) in [5.41, 5.74) is 2.57. The summed E-state index contributed by atoms with van der Waals surface area (Å²) >= 11 is 0. The maximum atomic E-state index is 13.5. The number of carbonyl (C=O) groups excluding carboxylic acids is 1. The van der Waals surface area contributed by atoms with Gasteiger partial charge in [0.25, 0.3) is 0 Å². The molecular weight excluding hydrogens is 381 g/mol. The third-order valence-corrected chi connectivity index (χ3v) is 4.91. The van der Waals surface area contributed by atoms with Crippen LogP contribution in [0.1, 0.15) is 31.0 Å². The SMILES string of the molecule is CCCCN(Cc1cccn1Cc1cccc(F)c1)C(=O)Nc1cccc(OC)c1. The predicted molar refractivity (Wildman–Crippen MR) is 117 cm³/mol. The van der Waals surface area contributed by atoms with Crippen LogP contribution in [0, 0.1) is 5.82 Å². The minimum absolute atomic E-state index is 0.157. The highest BCUT2D eigenvalue weighted by Gasteiger charge is 2.16. The van der Waals surface area contributed by atoms with Gasteiger partial charge in [0.2, 0.25) is 0 Å². The number of urea groups is 1. The number of nitrogens with zero attached hydrogens (tertiary/aromatic N) is 2. The quantitative estimate of drug-likeness (QED) is 0.506. The molecule has 0 radical (unpaired) electrons. The first-order valence-electron chi connectivity index (χ1n) is 10.2. The summed E-state index contributed by atoms with van der Waals surface area (Å²) in [5, 5.41) is 2.96. The fourth-order valence-electron chi connectivity index (χ4n) is 3.28. The average Bonchev–Trinajstić information content (AvgIpc) is 3.17. The zero-order chi connectivity index (χ0) is 21.3. The molecular formula is C24H28FN3O2. The van der Waals surface area contributed by atoms with Crippen molar-refractivity contribution in [3.05, 3.63) is 83.9 Å². The molecule has 0 fully saturated rings. The third-order valence-electron chi connectivity index (χ3n) is 4.91. The molecule has 158 valence electrons. The van der Waals surface area contributed by atoms with Crippen molar-refractivity contribution in [3.8, 4) is 5.75 Å². The second-order valence-corrected chi connectivity index (χ2v) is 7.19. The zero-order valence-electron chi connectivity index (χ0n) is 17.5. The molecule has 2 amide bonds. The molecule has 1 N–H and O–H groups in total. The van der Waals surface area contributed by atoms with Crippen LogP contribution in [-0.2, 0) is 13.1 Å². The summed E-state index contributed by atoms with van der Waals surface area (Å²) < 4.78 is 20.8. The number of methoxy groups -OCH3 is 1. The topological polar surface area (TPSA) is 46.5 Å². The minimum Gasteiger partial charge on any atom is -0.497 e. The van der Waals surface area contributed by atoms with Gasteiger partial charge in [-0.15, -0.1) is 0 Å². The molecule has 0 atom stereocenters. The van der Waals surface area contributed by atoms with E-state index < -0.39 is 0 Å². The third kappa shape index (κ3) is 5.86. The average molecular weight is 410 g/mol. The van der Waals surface area contributed by atoms with Crippen molar-refractivity contribution < 1.29 is 13.9 Å². The van der Waals surface area contributed by atoms with Gasteiger partial charge in [0.1, 0.15) is 11.6 Å². The fraction of sp³-hybridized carbons (Fsp3) is 0.292. The van der Waals surface area contributed by atoms with Crippen molar-refractivity contribution in [2.24, 2.45) is 0 Å². The van der Waals surface area contributed by atoms with Gasteiger partial charge in [-0.1, -0.05) is 31.5 Å². The number of ether oxygens (including phenoxy) is 1. The van der Waals surface area contributed by atoms with E-state index in [0.29, 0.717) is 31.1 Å². The van der Waals surface area contributed by atoms with Gasteiger partial charge >= 0.3 is 6.03 Å². The number of benzene rings is 2. The summed E-state index contributed by atoms with van der Waals surface area (Å²) in [6, 6.07) is 17.7. The monoisotopic (exact) mass is 409 g/mol. The Labute approximate surface area is 177 Å². The number of unbranched alkanes of at least 4 members (excludes halogenated alkanes) is 1. The van der Waals surface area contributed by atoms with E-state index in [1.54, 1.807) is 24.1 Å². The number of amides is 2. The number of carbonyl (C=O) groups is 1. The number of halogens is 1. The van der Waals surface area contributed by atoms with Crippen LogP contribution in [0.4, 0.5) is 14.9 Å². The normalized spacial score (nSPS) is 10.6. The first kappa shape index (κ1) is 21.4. The van der Waals surface area contributed by atoms with E-state index in [-0.39, 0.29) is 11.8 Å². The van der Waals surface area contributed by atoms with Gasteiger partial charge in [0.15, 0.2) is 0 Å². The largest absolute Gasteiger partial charge is 0.497 e. The Morgan fingerprint density at radius 3 is 2.73 bits per heavy atom. The fourth-order valence-corrected chi connectivity index (χ4v) is 3.28. The minimum atomic E-state index is -0.247. The Morgan fingerprint density at radius 2 is 1.97 bits per heavy atom. The number of anilines is 1. The lowest BCUT2D eigenvalue weighted by atomic mass is 10.2. The molecule has 2 aromatic carbocycles. The van der Waals surface area contributed by atoms with E-state index in [0.717, 1.165) is 24.1 Å². The lowest BCUT2D eigenvalue weighted by molar-refractivity contribution is 0.207. The Hall–Kier alpha value is -3.28. The Bertz CT molecular complexity index is 970. The van der Waals surface area contributed by atoms with Crippen LogP contribution in [0.25, 0.3) is 0 Å². The van der Waals surface area contributed by atoms with Gasteiger partial charge in [-0.3, -0.25) is 0 Å². The highest BCUT2D eigenvalue weighted by molar-refractivity contribution is 5.89. The second-order valence-electron chi connectivity index (χ2n) is 7.19.